The van der Waals surface area contributed by atoms with Crippen LogP contribution in [-0.2, 0) is 0 Å². The van der Waals surface area contributed by atoms with E-state index >= 15 is 0 Å². The van der Waals surface area contributed by atoms with Crippen LogP contribution in [0.2, 0.25) is 0 Å². The Bertz CT molecular complexity index is 504. The molecule has 0 bridgehead atoms. The third-order valence-corrected chi connectivity index (χ3v) is 2.53. The standard InChI is InChI=1S/C12H14FN3O/c1-7-3-9(5-10(13)4-7)12-15-11(16-17-12)8(2)6-14/h3-5,8H,6,14H2,1-2H3. The molecule has 0 aliphatic heterocycles. The highest BCUT2D eigenvalue weighted by Gasteiger charge is 2.14. The van der Waals surface area contributed by atoms with Gasteiger partial charge >= 0.3 is 0 Å². The molecule has 5 heteroatoms. The fourth-order valence-corrected chi connectivity index (χ4v) is 1.52. The van der Waals surface area contributed by atoms with Gasteiger partial charge in [-0.05, 0) is 30.7 Å². The third kappa shape index (κ3) is 2.50. The average molecular weight is 235 g/mol. The predicted molar refractivity (Wildman–Crippen MR) is 61.9 cm³/mol. The van der Waals surface area contributed by atoms with Gasteiger partial charge in [0, 0.05) is 18.0 Å². The summed E-state index contributed by atoms with van der Waals surface area (Å²) in [5, 5.41) is 3.83. The topological polar surface area (TPSA) is 64.9 Å². The molecule has 0 aliphatic rings. The average Bonchev–Trinajstić information content (AvgIpc) is 2.76. The van der Waals surface area contributed by atoms with Crippen LogP contribution in [0.25, 0.3) is 11.5 Å². The summed E-state index contributed by atoms with van der Waals surface area (Å²) in [6, 6.07) is 4.62. The highest BCUT2D eigenvalue weighted by Crippen LogP contribution is 2.21. The molecule has 0 saturated heterocycles. The van der Waals surface area contributed by atoms with Crippen molar-refractivity contribution in [2.24, 2.45) is 5.73 Å². The van der Waals surface area contributed by atoms with E-state index in [0.29, 0.717) is 23.8 Å². The van der Waals surface area contributed by atoms with Gasteiger partial charge in [-0.15, -0.1) is 0 Å². The van der Waals surface area contributed by atoms with Gasteiger partial charge in [-0.2, -0.15) is 4.98 Å². The molecule has 1 aromatic carbocycles. The monoisotopic (exact) mass is 235 g/mol. The number of rotatable bonds is 3. The van der Waals surface area contributed by atoms with Crippen LogP contribution in [0, 0.1) is 12.7 Å². The Kier molecular flexibility index (Phi) is 3.19. The molecule has 1 aromatic heterocycles. The molecule has 1 atom stereocenters. The van der Waals surface area contributed by atoms with E-state index in [1.54, 1.807) is 6.07 Å². The molecule has 0 spiro atoms. The number of benzene rings is 1. The molecule has 0 amide bonds. The number of hydrogen-bond donors (Lipinski definition) is 1. The fourth-order valence-electron chi connectivity index (χ4n) is 1.52. The number of nitrogens with two attached hydrogens (primary N) is 1. The normalized spacial score (nSPS) is 12.7. The van der Waals surface area contributed by atoms with Gasteiger partial charge in [0.15, 0.2) is 5.82 Å². The summed E-state index contributed by atoms with van der Waals surface area (Å²) in [7, 11) is 0. The van der Waals surface area contributed by atoms with Crippen molar-refractivity contribution in [3.63, 3.8) is 0 Å². The van der Waals surface area contributed by atoms with Crippen LogP contribution in [0.15, 0.2) is 22.7 Å². The van der Waals surface area contributed by atoms with Crippen molar-refractivity contribution in [1.29, 1.82) is 0 Å². The van der Waals surface area contributed by atoms with Crippen molar-refractivity contribution in [3.05, 3.63) is 35.4 Å². The second-order valence-corrected chi connectivity index (χ2v) is 4.11. The molecular formula is C12H14FN3O. The Labute approximate surface area is 98.6 Å². The highest BCUT2D eigenvalue weighted by molar-refractivity contribution is 5.54. The predicted octanol–water partition coefficient (Wildman–Crippen LogP) is 2.25. The highest BCUT2D eigenvalue weighted by atomic mass is 19.1. The minimum Gasteiger partial charge on any atom is -0.334 e. The van der Waals surface area contributed by atoms with Gasteiger partial charge in [-0.3, -0.25) is 0 Å². The molecule has 0 fully saturated rings. The first-order chi connectivity index (χ1) is 8.10. The van der Waals surface area contributed by atoms with Crippen molar-refractivity contribution < 1.29 is 8.91 Å². The second kappa shape index (κ2) is 4.63. The zero-order valence-electron chi connectivity index (χ0n) is 9.77. The molecule has 4 nitrogen and oxygen atoms in total. The van der Waals surface area contributed by atoms with Crippen LogP contribution in [-0.4, -0.2) is 16.7 Å². The Morgan fingerprint density at radius 3 is 2.82 bits per heavy atom. The van der Waals surface area contributed by atoms with E-state index in [4.69, 9.17) is 10.3 Å². The number of aromatic nitrogens is 2. The first kappa shape index (κ1) is 11.7. The molecule has 1 heterocycles. The first-order valence-corrected chi connectivity index (χ1v) is 5.41. The van der Waals surface area contributed by atoms with Gasteiger partial charge in [-0.1, -0.05) is 12.1 Å². The zero-order valence-corrected chi connectivity index (χ0v) is 9.77. The van der Waals surface area contributed by atoms with Crippen LogP contribution in [0.4, 0.5) is 4.39 Å². The summed E-state index contributed by atoms with van der Waals surface area (Å²) in [4.78, 5) is 4.21. The van der Waals surface area contributed by atoms with Crippen molar-refractivity contribution in [2.75, 3.05) is 6.54 Å². The summed E-state index contributed by atoms with van der Waals surface area (Å²) in [5.41, 5.74) is 6.92. The van der Waals surface area contributed by atoms with Gasteiger partial charge in [0.25, 0.3) is 5.89 Å². The molecule has 17 heavy (non-hydrogen) atoms. The first-order valence-electron chi connectivity index (χ1n) is 5.41. The summed E-state index contributed by atoms with van der Waals surface area (Å²) in [6.07, 6.45) is 0. The summed E-state index contributed by atoms with van der Waals surface area (Å²) >= 11 is 0. The lowest BCUT2D eigenvalue weighted by molar-refractivity contribution is 0.417. The van der Waals surface area contributed by atoms with Gasteiger partial charge in [-0.25, -0.2) is 4.39 Å². The minimum atomic E-state index is -0.313. The largest absolute Gasteiger partial charge is 0.334 e. The van der Waals surface area contributed by atoms with Gasteiger partial charge in [0.1, 0.15) is 5.82 Å². The molecule has 0 radical (unpaired) electrons. The van der Waals surface area contributed by atoms with Gasteiger partial charge < -0.3 is 10.3 Å². The zero-order chi connectivity index (χ0) is 12.4. The minimum absolute atomic E-state index is 0.0298. The van der Waals surface area contributed by atoms with Crippen LogP contribution in [0.5, 0.6) is 0 Å². The van der Waals surface area contributed by atoms with Crippen molar-refractivity contribution in [3.8, 4) is 11.5 Å². The maximum absolute atomic E-state index is 13.2. The van der Waals surface area contributed by atoms with Crippen LogP contribution >= 0.6 is 0 Å². The smallest absolute Gasteiger partial charge is 0.258 e. The summed E-state index contributed by atoms with van der Waals surface area (Å²) < 4.78 is 18.3. The van der Waals surface area contributed by atoms with E-state index in [9.17, 15) is 4.39 Å². The molecular weight excluding hydrogens is 221 g/mol. The molecule has 0 aliphatic carbocycles. The van der Waals surface area contributed by atoms with Crippen molar-refractivity contribution >= 4 is 0 Å². The van der Waals surface area contributed by atoms with Crippen molar-refractivity contribution in [1.82, 2.24) is 10.1 Å². The number of aryl methyl sites for hydroxylation is 1. The fraction of sp³-hybridized carbons (Fsp3) is 0.333. The van der Waals surface area contributed by atoms with E-state index in [1.807, 2.05) is 13.8 Å². The summed E-state index contributed by atoms with van der Waals surface area (Å²) in [6.45, 7) is 4.17. The quantitative estimate of drug-likeness (QED) is 0.886. The lowest BCUT2D eigenvalue weighted by Gasteiger charge is -1.99. The lowest BCUT2D eigenvalue weighted by Crippen LogP contribution is -2.10. The van der Waals surface area contributed by atoms with E-state index in [1.165, 1.54) is 12.1 Å². The SMILES string of the molecule is Cc1cc(F)cc(-c2nc(C(C)CN)no2)c1. The number of hydrogen-bond acceptors (Lipinski definition) is 4. The Morgan fingerprint density at radius 1 is 1.41 bits per heavy atom. The van der Waals surface area contributed by atoms with Gasteiger partial charge in [0.2, 0.25) is 0 Å². The molecule has 1 unspecified atom stereocenters. The second-order valence-electron chi connectivity index (χ2n) is 4.11. The molecule has 2 N–H and O–H groups in total. The number of halogens is 1. The van der Waals surface area contributed by atoms with Crippen LogP contribution in [0.3, 0.4) is 0 Å². The number of nitrogens with zero attached hydrogens (tertiary/aromatic N) is 2. The molecule has 0 saturated carbocycles. The van der Waals surface area contributed by atoms with Crippen LogP contribution in [0.1, 0.15) is 24.2 Å². The third-order valence-electron chi connectivity index (χ3n) is 2.53. The molecule has 2 aromatic rings. The Hall–Kier alpha value is -1.75. The van der Waals surface area contributed by atoms with Crippen LogP contribution < -0.4 is 5.73 Å². The lowest BCUT2D eigenvalue weighted by atomic mass is 10.1. The summed E-state index contributed by atoms with van der Waals surface area (Å²) in [5.74, 6) is 0.584. The van der Waals surface area contributed by atoms with Crippen molar-refractivity contribution in [2.45, 2.75) is 19.8 Å². The maximum Gasteiger partial charge on any atom is 0.258 e. The van der Waals surface area contributed by atoms with E-state index < -0.39 is 0 Å². The Morgan fingerprint density at radius 2 is 2.18 bits per heavy atom. The van der Waals surface area contributed by atoms with Gasteiger partial charge in [0.05, 0.1) is 0 Å². The molecule has 2 rings (SSSR count). The maximum atomic E-state index is 13.2. The molecule has 90 valence electrons. The van der Waals surface area contributed by atoms with E-state index in [-0.39, 0.29) is 11.7 Å². The van der Waals surface area contributed by atoms with E-state index in [2.05, 4.69) is 10.1 Å². The Balaban J connectivity index is 2.36. The van der Waals surface area contributed by atoms with E-state index in [0.717, 1.165) is 5.56 Å².